The van der Waals surface area contributed by atoms with Crippen molar-refractivity contribution in [2.75, 3.05) is 0 Å². The van der Waals surface area contributed by atoms with Gasteiger partial charge in [-0.1, -0.05) is 30.3 Å². The van der Waals surface area contributed by atoms with E-state index in [1.165, 1.54) is 34.6 Å². The van der Waals surface area contributed by atoms with Gasteiger partial charge in [0.15, 0.2) is 0 Å². The Hall–Kier alpha value is -2.32. The van der Waals surface area contributed by atoms with Crippen LogP contribution in [0.1, 0.15) is 24.0 Å². The number of nitro benzene ring substituents is 1. The molecule has 0 N–H and O–H groups in total. The molecule has 1 saturated carbocycles. The molecule has 1 aliphatic rings. The predicted molar refractivity (Wildman–Crippen MR) is 90.7 cm³/mol. The highest BCUT2D eigenvalue weighted by Crippen LogP contribution is 2.32. The van der Waals surface area contributed by atoms with Gasteiger partial charge in [-0.3, -0.25) is 10.1 Å². The van der Waals surface area contributed by atoms with Gasteiger partial charge in [-0.15, -0.1) is 0 Å². The zero-order valence-electron chi connectivity index (χ0n) is 13.3. The second kappa shape index (κ2) is 6.89. The molecule has 2 aromatic rings. The summed E-state index contributed by atoms with van der Waals surface area (Å²) in [5.74, 6) is -0.700. The molecule has 0 spiro atoms. The molecule has 0 unspecified atom stereocenters. The van der Waals surface area contributed by atoms with Gasteiger partial charge in [0, 0.05) is 30.3 Å². The van der Waals surface area contributed by atoms with Crippen LogP contribution in [-0.4, -0.2) is 23.7 Å². The number of hydrogen-bond donors (Lipinski definition) is 0. The van der Waals surface area contributed by atoms with Crippen LogP contribution in [0.3, 0.4) is 0 Å². The van der Waals surface area contributed by atoms with E-state index in [-0.39, 0.29) is 24.0 Å². The van der Waals surface area contributed by atoms with Gasteiger partial charge in [0.25, 0.3) is 5.69 Å². The second-order valence-corrected chi connectivity index (χ2v) is 7.97. The summed E-state index contributed by atoms with van der Waals surface area (Å²) in [4.78, 5) is 10.1. The van der Waals surface area contributed by atoms with E-state index < -0.39 is 20.8 Å². The first-order valence-corrected chi connectivity index (χ1v) is 9.44. The first kappa shape index (κ1) is 17.5. The molecule has 0 aliphatic heterocycles. The summed E-state index contributed by atoms with van der Waals surface area (Å²) < 4.78 is 40.8. The Labute approximate surface area is 145 Å². The molecule has 25 heavy (non-hydrogen) atoms. The fraction of sp³-hybridized carbons (Fsp3) is 0.294. The SMILES string of the molecule is O=[N+]([O-])c1ccc(CS(=O)(=O)N(Cc2ccccc2F)C2CC2)cc1. The highest BCUT2D eigenvalue weighted by molar-refractivity contribution is 7.88. The molecule has 0 amide bonds. The molecular weight excluding hydrogens is 347 g/mol. The molecule has 1 aliphatic carbocycles. The summed E-state index contributed by atoms with van der Waals surface area (Å²) in [6.07, 6.45) is 1.52. The molecule has 132 valence electrons. The summed E-state index contributed by atoms with van der Waals surface area (Å²) in [5.41, 5.74) is 0.706. The Morgan fingerprint density at radius 3 is 2.32 bits per heavy atom. The maximum absolute atomic E-state index is 13.9. The van der Waals surface area contributed by atoms with Gasteiger partial charge < -0.3 is 0 Å². The Morgan fingerprint density at radius 2 is 1.76 bits per heavy atom. The van der Waals surface area contributed by atoms with E-state index in [4.69, 9.17) is 0 Å². The number of hydrogen-bond acceptors (Lipinski definition) is 4. The standard InChI is InChI=1S/C17H17FN2O4S/c18-17-4-2-1-3-14(17)11-19(15-9-10-15)25(23,24)12-13-5-7-16(8-6-13)20(21)22/h1-8,15H,9-12H2. The molecule has 0 bridgehead atoms. The molecule has 0 saturated heterocycles. The molecule has 2 aromatic carbocycles. The van der Waals surface area contributed by atoms with E-state index in [0.29, 0.717) is 11.1 Å². The number of non-ortho nitro benzene ring substituents is 1. The van der Waals surface area contributed by atoms with Gasteiger partial charge in [-0.2, -0.15) is 4.31 Å². The third-order valence-electron chi connectivity index (χ3n) is 4.09. The quantitative estimate of drug-likeness (QED) is 0.558. The van der Waals surface area contributed by atoms with Crippen molar-refractivity contribution < 1.29 is 17.7 Å². The van der Waals surface area contributed by atoms with Crippen molar-refractivity contribution in [3.05, 3.63) is 75.6 Å². The summed E-state index contributed by atoms with van der Waals surface area (Å²) in [5, 5.41) is 10.7. The van der Waals surface area contributed by atoms with Gasteiger partial charge >= 0.3 is 0 Å². The Kier molecular flexibility index (Phi) is 4.82. The number of nitro groups is 1. The molecule has 8 heteroatoms. The summed E-state index contributed by atoms with van der Waals surface area (Å²) >= 11 is 0. The number of nitrogens with zero attached hydrogens (tertiary/aromatic N) is 2. The Bertz CT molecular complexity index is 880. The van der Waals surface area contributed by atoms with Crippen molar-refractivity contribution in [2.45, 2.75) is 31.2 Å². The molecular formula is C17H17FN2O4S. The summed E-state index contributed by atoms with van der Waals surface area (Å²) in [6.45, 7) is -0.00729. The lowest BCUT2D eigenvalue weighted by molar-refractivity contribution is -0.384. The zero-order chi connectivity index (χ0) is 18.0. The fourth-order valence-corrected chi connectivity index (χ4v) is 4.40. The van der Waals surface area contributed by atoms with Gasteiger partial charge in [0.05, 0.1) is 10.7 Å². The average Bonchev–Trinajstić information content (AvgIpc) is 3.38. The van der Waals surface area contributed by atoms with Crippen molar-refractivity contribution in [1.29, 1.82) is 0 Å². The minimum Gasteiger partial charge on any atom is -0.258 e. The van der Waals surface area contributed by atoms with Crippen molar-refractivity contribution in [3.8, 4) is 0 Å². The van der Waals surface area contributed by atoms with E-state index in [1.807, 2.05) is 0 Å². The van der Waals surface area contributed by atoms with Crippen LogP contribution in [0.4, 0.5) is 10.1 Å². The van der Waals surface area contributed by atoms with Gasteiger partial charge in [-0.25, -0.2) is 12.8 Å². The highest BCUT2D eigenvalue weighted by Gasteiger charge is 2.37. The van der Waals surface area contributed by atoms with Crippen molar-refractivity contribution >= 4 is 15.7 Å². The van der Waals surface area contributed by atoms with Crippen LogP contribution in [0, 0.1) is 15.9 Å². The van der Waals surface area contributed by atoms with Crippen molar-refractivity contribution in [1.82, 2.24) is 4.31 Å². The minimum absolute atomic E-state index is 0.00729. The molecule has 1 fully saturated rings. The van der Waals surface area contributed by atoms with Crippen LogP contribution in [0.25, 0.3) is 0 Å². The smallest absolute Gasteiger partial charge is 0.258 e. The number of sulfonamides is 1. The van der Waals surface area contributed by atoms with Crippen LogP contribution in [-0.2, 0) is 22.3 Å². The first-order valence-electron chi connectivity index (χ1n) is 7.83. The number of benzene rings is 2. The van der Waals surface area contributed by atoms with E-state index in [9.17, 15) is 22.9 Å². The maximum Gasteiger partial charge on any atom is 0.269 e. The fourth-order valence-electron chi connectivity index (χ4n) is 2.62. The molecule has 0 aromatic heterocycles. The monoisotopic (exact) mass is 364 g/mol. The largest absolute Gasteiger partial charge is 0.269 e. The van der Waals surface area contributed by atoms with Crippen molar-refractivity contribution in [2.24, 2.45) is 0 Å². The van der Waals surface area contributed by atoms with Gasteiger partial charge in [0.2, 0.25) is 10.0 Å². The predicted octanol–water partition coefficient (Wildman–Crippen LogP) is 3.23. The highest BCUT2D eigenvalue weighted by atomic mass is 32.2. The number of halogens is 1. The third-order valence-corrected chi connectivity index (χ3v) is 5.93. The summed E-state index contributed by atoms with van der Waals surface area (Å²) in [6, 6.07) is 11.4. The Morgan fingerprint density at radius 1 is 1.12 bits per heavy atom. The lowest BCUT2D eigenvalue weighted by Crippen LogP contribution is -2.34. The third kappa shape index (κ3) is 4.21. The van der Waals surface area contributed by atoms with Crippen LogP contribution < -0.4 is 0 Å². The molecule has 0 heterocycles. The Balaban J connectivity index is 1.80. The topological polar surface area (TPSA) is 80.5 Å². The molecule has 3 rings (SSSR count). The normalized spacial score (nSPS) is 14.6. The molecule has 0 atom stereocenters. The van der Waals surface area contributed by atoms with Gasteiger partial charge in [0.1, 0.15) is 5.82 Å². The maximum atomic E-state index is 13.9. The lowest BCUT2D eigenvalue weighted by atomic mass is 10.2. The first-order chi connectivity index (χ1) is 11.9. The lowest BCUT2D eigenvalue weighted by Gasteiger charge is -2.22. The van der Waals surface area contributed by atoms with E-state index in [0.717, 1.165) is 12.8 Å². The minimum atomic E-state index is -3.66. The van der Waals surface area contributed by atoms with Crippen LogP contribution in [0.2, 0.25) is 0 Å². The van der Waals surface area contributed by atoms with E-state index >= 15 is 0 Å². The van der Waals surface area contributed by atoms with E-state index in [1.54, 1.807) is 18.2 Å². The van der Waals surface area contributed by atoms with Crippen LogP contribution >= 0.6 is 0 Å². The zero-order valence-corrected chi connectivity index (χ0v) is 14.2. The van der Waals surface area contributed by atoms with Crippen molar-refractivity contribution in [3.63, 3.8) is 0 Å². The number of rotatable bonds is 7. The van der Waals surface area contributed by atoms with Gasteiger partial charge in [-0.05, 0) is 24.5 Å². The molecule has 0 radical (unpaired) electrons. The van der Waals surface area contributed by atoms with Crippen LogP contribution in [0.5, 0.6) is 0 Å². The second-order valence-electron chi connectivity index (χ2n) is 6.05. The summed E-state index contributed by atoms with van der Waals surface area (Å²) in [7, 11) is -3.66. The van der Waals surface area contributed by atoms with E-state index in [2.05, 4.69) is 0 Å². The molecule has 6 nitrogen and oxygen atoms in total. The van der Waals surface area contributed by atoms with Crippen LogP contribution in [0.15, 0.2) is 48.5 Å². The average molecular weight is 364 g/mol.